The maximum atomic E-state index is 13.0. The minimum atomic E-state index is -0.930. The van der Waals surface area contributed by atoms with Gasteiger partial charge in [0.15, 0.2) is 0 Å². The van der Waals surface area contributed by atoms with Gasteiger partial charge in [0.05, 0.1) is 12.5 Å². The number of carbonyl (C=O) groups excluding carboxylic acids is 1. The Hall–Kier alpha value is -2.21. The van der Waals surface area contributed by atoms with Gasteiger partial charge in [-0.2, -0.15) is 0 Å². The summed E-state index contributed by atoms with van der Waals surface area (Å²) in [7, 11) is 2.14. The minimum absolute atomic E-state index is 0.0907. The van der Waals surface area contributed by atoms with E-state index in [2.05, 4.69) is 16.8 Å². The van der Waals surface area contributed by atoms with Gasteiger partial charge in [0, 0.05) is 39.3 Å². The van der Waals surface area contributed by atoms with Crippen LogP contribution in [0.25, 0.3) is 0 Å². The van der Waals surface area contributed by atoms with E-state index in [1.54, 1.807) is 0 Å². The molecular weight excluding hydrogens is 362 g/mol. The van der Waals surface area contributed by atoms with Gasteiger partial charge in [0.25, 0.3) is 0 Å². The molecule has 5 nitrogen and oxygen atoms in total. The van der Waals surface area contributed by atoms with Gasteiger partial charge < -0.3 is 14.9 Å². The molecule has 5 heteroatoms. The summed E-state index contributed by atoms with van der Waals surface area (Å²) in [6.07, 6.45) is 0.981. The van der Waals surface area contributed by atoms with Gasteiger partial charge in [-0.25, -0.2) is 0 Å². The molecule has 0 spiro atoms. The van der Waals surface area contributed by atoms with E-state index in [-0.39, 0.29) is 11.9 Å². The number of nitrogens with zero attached hydrogens (tertiary/aromatic N) is 3. The molecule has 0 bridgehead atoms. The molecule has 0 aromatic heterocycles. The predicted octanol–water partition coefficient (Wildman–Crippen LogP) is 1.97. The maximum Gasteiger partial charge on any atom is 0.227 e. The predicted molar refractivity (Wildman–Crippen MR) is 115 cm³/mol. The normalized spacial score (nSPS) is 26.4. The van der Waals surface area contributed by atoms with Crippen molar-refractivity contribution in [3.05, 3.63) is 71.8 Å². The lowest BCUT2D eigenvalue weighted by molar-refractivity contribution is -0.144. The topological polar surface area (TPSA) is 47.0 Å². The highest BCUT2D eigenvalue weighted by Gasteiger charge is 2.46. The van der Waals surface area contributed by atoms with Crippen LogP contribution in [-0.2, 0) is 16.8 Å². The number of likely N-dealkylation sites (N-methyl/N-ethyl adjacent to an activating group) is 1. The first-order valence-corrected chi connectivity index (χ1v) is 10.6. The first-order valence-electron chi connectivity index (χ1n) is 10.6. The van der Waals surface area contributed by atoms with Crippen molar-refractivity contribution in [2.45, 2.75) is 24.5 Å². The molecule has 2 aromatic rings. The van der Waals surface area contributed by atoms with Gasteiger partial charge in [-0.3, -0.25) is 9.69 Å². The molecule has 0 radical (unpaired) electrons. The zero-order valence-electron chi connectivity index (χ0n) is 17.2. The van der Waals surface area contributed by atoms with Crippen LogP contribution in [0.4, 0.5) is 0 Å². The summed E-state index contributed by atoms with van der Waals surface area (Å²) in [5.41, 5.74) is 1.07. The average molecular weight is 394 g/mol. The van der Waals surface area contributed by atoms with Gasteiger partial charge >= 0.3 is 0 Å². The maximum absolute atomic E-state index is 13.0. The molecule has 1 N–H and O–H groups in total. The van der Waals surface area contributed by atoms with Gasteiger partial charge in [-0.15, -0.1) is 0 Å². The summed E-state index contributed by atoms with van der Waals surface area (Å²) < 4.78 is 0. The highest BCUT2D eigenvalue weighted by atomic mass is 16.3. The van der Waals surface area contributed by atoms with E-state index in [1.807, 2.05) is 65.6 Å². The highest BCUT2D eigenvalue weighted by molar-refractivity contribution is 5.79. The molecule has 1 amide bonds. The average Bonchev–Trinajstić information content (AvgIpc) is 2.76. The summed E-state index contributed by atoms with van der Waals surface area (Å²) in [4.78, 5) is 19.7. The largest absolute Gasteiger partial charge is 0.383 e. The molecule has 2 aliphatic rings. The second kappa shape index (κ2) is 8.66. The third-order valence-corrected chi connectivity index (χ3v) is 6.51. The Labute approximate surface area is 173 Å². The summed E-state index contributed by atoms with van der Waals surface area (Å²) in [5.74, 6) is 0.144. The van der Waals surface area contributed by atoms with E-state index in [0.29, 0.717) is 25.9 Å². The Morgan fingerprint density at radius 1 is 0.966 bits per heavy atom. The number of hydrogen-bond donors (Lipinski definition) is 1. The lowest BCUT2D eigenvalue weighted by atomic mass is 9.79. The Morgan fingerprint density at radius 2 is 1.59 bits per heavy atom. The standard InChI is InChI=1S/C24H31N3O2/c1-25-14-16-26(17-15-25)22-19-27(23(28)18-20-8-4-2-5-9-20)13-12-24(22,29)21-10-6-3-7-11-21/h2-11,22,29H,12-19H2,1H3/t22-,24+/m1/s1. The fourth-order valence-corrected chi connectivity index (χ4v) is 4.65. The monoisotopic (exact) mass is 393 g/mol. The first-order chi connectivity index (χ1) is 14.1. The number of hydrogen-bond acceptors (Lipinski definition) is 4. The van der Waals surface area contributed by atoms with Crippen LogP contribution in [-0.4, -0.2) is 78.1 Å². The van der Waals surface area contributed by atoms with Crippen LogP contribution in [0.15, 0.2) is 60.7 Å². The smallest absolute Gasteiger partial charge is 0.227 e. The van der Waals surface area contributed by atoms with E-state index in [1.165, 1.54) is 0 Å². The molecule has 154 valence electrons. The third-order valence-electron chi connectivity index (χ3n) is 6.51. The third kappa shape index (κ3) is 4.37. The molecule has 2 fully saturated rings. The number of aliphatic hydroxyl groups is 1. The lowest BCUT2D eigenvalue weighted by Gasteiger charge is -2.51. The van der Waals surface area contributed by atoms with E-state index in [0.717, 1.165) is 37.3 Å². The fraction of sp³-hybridized carbons (Fsp3) is 0.458. The number of carbonyl (C=O) groups is 1. The Kier molecular flexibility index (Phi) is 5.99. The highest BCUT2D eigenvalue weighted by Crippen LogP contribution is 2.36. The molecule has 29 heavy (non-hydrogen) atoms. The SMILES string of the molecule is CN1CCN([C@@H]2CN(C(=O)Cc3ccccc3)CC[C@]2(O)c2ccccc2)CC1. The van der Waals surface area contributed by atoms with Crippen LogP contribution < -0.4 is 0 Å². The Morgan fingerprint density at radius 3 is 2.24 bits per heavy atom. The zero-order chi connectivity index (χ0) is 20.3. The molecule has 0 aliphatic carbocycles. The summed E-state index contributed by atoms with van der Waals surface area (Å²) in [5, 5.41) is 11.8. The number of rotatable bonds is 4. The van der Waals surface area contributed by atoms with Crippen molar-refractivity contribution in [1.29, 1.82) is 0 Å². The molecule has 2 aliphatic heterocycles. The van der Waals surface area contributed by atoms with Gasteiger partial charge in [-0.05, 0) is 24.6 Å². The van der Waals surface area contributed by atoms with Crippen molar-refractivity contribution in [3.63, 3.8) is 0 Å². The molecule has 2 saturated heterocycles. The van der Waals surface area contributed by atoms with Crippen molar-refractivity contribution < 1.29 is 9.90 Å². The van der Waals surface area contributed by atoms with Crippen molar-refractivity contribution in [2.24, 2.45) is 0 Å². The van der Waals surface area contributed by atoms with Crippen molar-refractivity contribution in [3.8, 4) is 0 Å². The Bertz CT molecular complexity index is 805. The van der Waals surface area contributed by atoms with Crippen molar-refractivity contribution in [1.82, 2.24) is 14.7 Å². The van der Waals surface area contributed by atoms with E-state index < -0.39 is 5.60 Å². The molecule has 0 unspecified atom stereocenters. The number of amides is 1. The molecule has 2 atom stereocenters. The second-order valence-corrected chi connectivity index (χ2v) is 8.40. The number of piperidine rings is 1. The fourth-order valence-electron chi connectivity index (χ4n) is 4.65. The van der Waals surface area contributed by atoms with Crippen molar-refractivity contribution >= 4 is 5.91 Å². The van der Waals surface area contributed by atoms with Crippen LogP contribution in [0, 0.1) is 0 Å². The zero-order valence-corrected chi connectivity index (χ0v) is 17.2. The number of piperazine rings is 1. The van der Waals surface area contributed by atoms with E-state index >= 15 is 0 Å². The summed E-state index contributed by atoms with van der Waals surface area (Å²) >= 11 is 0. The quantitative estimate of drug-likeness (QED) is 0.863. The minimum Gasteiger partial charge on any atom is -0.383 e. The van der Waals surface area contributed by atoms with Crippen LogP contribution in [0.2, 0.25) is 0 Å². The Balaban J connectivity index is 1.55. The molecular formula is C24H31N3O2. The molecule has 2 aromatic carbocycles. The lowest BCUT2D eigenvalue weighted by Crippen LogP contribution is -2.64. The molecule has 2 heterocycles. The van der Waals surface area contributed by atoms with Gasteiger partial charge in [0.1, 0.15) is 5.60 Å². The molecule has 0 saturated carbocycles. The molecule has 4 rings (SSSR count). The summed E-state index contributed by atoms with van der Waals surface area (Å²) in [6.45, 7) is 4.95. The summed E-state index contributed by atoms with van der Waals surface area (Å²) in [6, 6.07) is 19.8. The van der Waals surface area contributed by atoms with Crippen LogP contribution in [0.5, 0.6) is 0 Å². The van der Waals surface area contributed by atoms with Gasteiger partial charge in [-0.1, -0.05) is 60.7 Å². The van der Waals surface area contributed by atoms with Gasteiger partial charge in [0.2, 0.25) is 5.91 Å². The number of benzene rings is 2. The second-order valence-electron chi connectivity index (χ2n) is 8.40. The van der Waals surface area contributed by atoms with E-state index in [9.17, 15) is 9.90 Å². The van der Waals surface area contributed by atoms with Crippen LogP contribution in [0.3, 0.4) is 0 Å². The number of likely N-dealkylation sites (tertiary alicyclic amines) is 1. The first kappa shape index (κ1) is 20.1. The van der Waals surface area contributed by atoms with E-state index in [4.69, 9.17) is 0 Å². The van der Waals surface area contributed by atoms with Crippen molar-refractivity contribution in [2.75, 3.05) is 46.3 Å². The van der Waals surface area contributed by atoms with Crippen LogP contribution in [0.1, 0.15) is 17.5 Å². The van der Waals surface area contributed by atoms with Crippen LogP contribution >= 0.6 is 0 Å².